The number of aryl methyl sites for hydroxylation is 2. The Morgan fingerprint density at radius 2 is 2.09 bits per heavy atom. The molecule has 0 radical (unpaired) electrons. The summed E-state index contributed by atoms with van der Waals surface area (Å²) >= 11 is 1.77. The molecule has 0 amide bonds. The molecular formula is C17H24N4OS. The molecule has 0 aliphatic carbocycles. The number of hydrogen-bond acceptors (Lipinski definition) is 5. The van der Waals surface area contributed by atoms with Crippen LogP contribution in [0.2, 0.25) is 0 Å². The summed E-state index contributed by atoms with van der Waals surface area (Å²) in [5.74, 6) is 1.94. The molecule has 1 aromatic heterocycles. The lowest BCUT2D eigenvalue weighted by Gasteiger charge is -2.32. The zero-order valence-electron chi connectivity index (χ0n) is 14.0. The number of thioether (sulfide) groups is 1. The second-order valence-electron chi connectivity index (χ2n) is 5.96. The molecule has 23 heavy (non-hydrogen) atoms. The molecule has 0 unspecified atom stereocenters. The van der Waals surface area contributed by atoms with E-state index in [-0.39, 0.29) is 0 Å². The van der Waals surface area contributed by atoms with Gasteiger partial charge in [-0.1, -0.05) is 30.0 Å². The average molecular weight is 332 g/mol. The van der Waals surface area contributed by atoms with Gasteiger partial charge >= 0.3 is 0 Å². The Morgan fingerprint density at radius 3 is 2.87 bits per heavy atom. The van der Waals surface area contributed by atoms with Crippen molar-refractivity contribution in [2.75, 3.05) is 32.1 Å². The molecule has 0 N–H and O–H groups in total. The van der Waals surface area contributed by atoms with Crippen molar-refractivity contribution in [3.8, 4) is 5.69 Å². The van der Waals surface area contributed by atoms with Crippen LogP contribution in [0.1, 0.15) is 18.3 Å². The lowest BCUT2D eigenvalue weighted by molar-refractivity contribution is 0.00298. The van der Waals surface area contributed by atoms with Crippen LogP contribution < -0.4 is 0 Å². The van der Waals surface area contributed by atoms with Gasteiger partial charge < -0.3 is 4.74 Å². The highest BCUT2D eigenvalue weighted by molar-refractivity contribution is 7.99. The summed E-state index contributed by atoms with van der Waals surface area (Å²) < 4.78 is 7.65. The van der Waals surface area contributed by atoms with Crippen LogP contribution in [0.15, 0.2) is 29.4 Å². The van der Waals surface area contributed by atoms with Crippen molar-refractivity contribution in [3.05, 3.63) is 35.7 Å². The summed E-state index contributed by atoms with van der Waals surface area (Å²) in [7, 11) is 0. The van der Waals surface area contributed by atoms with E-state index in [1.165, 1.54) is 5.56 Å². The molecule has 1 aliphatic heterocycles. The van der Waals surface area contributed by atoms with Crippen LogP contribution in [0.5, 0.6) is 0 Å². The van der Waals surface area contributed by atoms with Crippen LogP contribution in [0.4, 0.5) is 0 Å². The molecule has 2 aromatic rings. The lowest BCUT2D eigenvalue weighted by Crippen LogP contribution is -2.44. The monoisotopic (exact) mass is 332 g/mol. The van der Waals surface area contributed by atoms with Crippen LogP contribution in [0.3, 0.4) is 0 Å². The van der Waals surface area contributed by atoms with Crippen molar-refractivity contribution in [2.45, 2.75) is 32.0 Å². The molecule has 0 saturated carbocycles. The molecule has 1 fully saturated rings. The van der Waals surface area contributed by atoms with E-state index in [1.807, 2.05) is 6.92 Å². The summed E-state index contributed by atoms with van der Waals surface area (Å²) in [6.07, 6.45) is 0. The maximum Gasteiger partial charge on any atom is 0.195 e. The van der Waals surface area contributed by atoms with E-state index in [1.54, 1.807) is 11.8 Å². The predicted molar refractivity (Wildman–Crippen MR) is 93.4 cm³/mol. The van der Waals surface area contributed by atoms with E-state index < -0.39 is 0 Å². The minimum atomic E-state index is 0.500. The molecule has 124 valence electrons. The lowest BCUT2D eigenvalue weighted by atomic mass is 10.2. The molecule has 1 aliphatic rings. The fraction of sp³-hybridized carbons (Fsp3) is 0.529. The third-order valence-corrected chi connectivity index (χ3v) is 5.18. The second kappa shape index (κ2) is 7.47. The van der Waals surface area contributed by atoms with Gasteiger partial charge in [-0.3, -0.25) is 9.47 Å². The summed E-state index contributed by atoms with van der Waals surface area (Å²) in [6, 6.07) is 8.87. The molecule has 2 heterocycles. The van der Waals surface area contributed by atoms with Gasteiger partial charge in [0.2, 0.25) is 0 Å². The van der Waals surface area contributed by atoms with Crippen molar-refractivity contribution in [3.63, 3.8) is 0 Å². The first kappa shape index (κ1) is 16.5. The summed E-state index contributed by atoms with van der Waals surface area (Å²) in [4.78, 5) is 2.48. The molecule has 5 nitrogen and oxygen atoms in total. The zero-order chi connectivity index (χ0) is 16.2. The number of rotatable bonds is 5. The van der Waals surface area contributed by atoms with Crippen LogP contribution >= 0.6 is 11.8 Å². The van der Waals surface area contributed by atoms with Gasteiger partial charge in [-0.15, -0.1) is 10.2 Å². The molecular weight excluding hydrogens is 308 g/mol. The summed E-state index contributed by atoms with van der Waals surface area (Å²) in [5.41, 5.74) is 2.40. The van der Waals surface area contributed by atoms with Gasteiger partial charge in [-0.05, 0) is 32.4 Å². The van der Waals surface area contributed by atoms with Gasteiger partial charge in [0.1, 0.15) is 5.82 Å². The number of para-hydroxylation sites is 1. The van der Waals surface area contributed by atoms with Crippen LogP contribution in [0, 0.1) is 13.8 Å². The van der Waals surface area contributed by atoms with E-state index in [9.17, 15) is 0 Å². The Bertz CT molecular complexity index is 658. The highest BCUT2D eigenvalue weighted by atomic mass is 32.2. The number of aromatic nitrogens is 3. The number of morpholine rings is 1. The maximum atomic E-state index is 5.50. The molecule has 0 bridgehead atoms. The fourth-order valence-corrected chi connectivity index (χ4v) is 3.84. The van der Waals surface area contributed by atoms with Crippen LogP contribution in [-0.2, 0) is 4.74 Å². The number of ether oxygens (including phenoxy) is 1. The SMILES string of the molecule is Cc1ccccc1-n1c(C)nnc1SCCN1CCOC[C@@H]1C. The third kappa shape index (κ3) is 3.76. The van der Waals surface area contributed by atoms with Crippen molar-refractivity contribution in [1.29, 1.82) is 0 Å². The average Bonchev–Trinajstić information content (AvgIpc) is 2.91. The Morgan fingerprint density at radius 1 is 1.26 bits per heavy atom. The van der Waals surface area contributed by atoms with Crippen LogP contribution in [0.25, 0.3) is 5.69 Å². The first-order valence-electron chi connectivity index (χ1n) is 8.09. The number of hydrogen-bond donors (Lipinski definition) is 0. The topological polar surface area (TPSA) is 43.2 Å². The van der Waals surface area contributed by atoms with Crippen LogP contribution in [-0.4, -0.2) is 57.8 Å². The van der Waals surface area contributed by atoms with E-state index >= 15 is 0 Å². The Labute approximate surface area is 142 Å². The molecule has 6 heteroatoms. The normalized spacial score (nSPS) is 19.2. The van der Waals surface area contributed by atoms with Gasteiger partial charge in [0.25, 0.3) is 0 Å². The van der Waals surface area contributed by atoms with Crippen molar-refractivity contribution in [1.82, 2.24) is 19.7 Å². The molecule has 1 aromatic carbocycles. The summed E-state index contributed by atoms with van der Waals surface area (Å²) in [5, 5.41) is 9.61. The van der Waals surface area contributed by atoms with Gasteiger partial charge in [-0.2, -0.15) is 0 Å². The van der Waals surface area contributed by atoms with Crippen molar-refractivity contribution >= 4 is 11.8 Å². The van der Waals surface area contributed by atoms with E-state index in [2.05, 4.69) is 57.8 Å². The van der Waals surface area contributed by atoms with Gasteiger partial charge in [0, 0.05) is 24.9 Å². The minimum Gasteiger partial charge on any atom is -0.379 e. The van der Waals surface area contributed by atoms with Gasteiger partial charge in [-0.25, -0.2) is 0 Å². The molecule has 1 saturated heterocycles. The summed E-state index contributed by atoms with van der Waals surface area (Å²) in [6.45, 7) is 10.1. The largest absolute Gasteiger partial charge is 0.379 e. The fourth-order valence-electron chi connectivity index (χ4n) is 2.88. The number of benzene rings is 1. The van der Waals surface area contributed by atoms with E-state index in [4.69, 9.17) is 4.74 Å². The first-order chi connectivity index (χ1) is 11.2. The van der Waals surface area contributed by atoms with Crippen molar-refractivity contribution < 1.29 is 4.74 Å². The molecule has 1 atom stereocenters. The maximum absolute atomic E-state index is 5.50. The highest BCUT2D eigenvalue weighted by Gasteiger charge is 2.19. The second-order valence-corrected chi connectivity index (χ2v) is 7.02. The Hall–Kier alpha value is -1.37. The van der Waals surface area contributed by atoms with Gasteiger partial charge in [0.15, 0.2) is 5.16 Å². The Balaban J connectivity index is 1.68. The minimum absolute atomic E-state index is 0.500. The smallest absolute Gasteiger partial charge is 0.195 e. The van der Waals surface area contributed by atoms with E-state index in [0.717, 1.165) is 48.7 Å². The highest BCUT2D eigenvalue weighted by Crippen LogP contribution is 2.24. The van der Waals surface area contributed by atoms with E-state index in [0.29, 0.717) is 6.04 Å². The predicted octanol–water partition coefficient (Wildman–Crippen LogP) is 2.70. The van der Waals surface area contributed by atoms with Gasteiger partial charge in [0.05, 0.1) is 18.9 Å². The third-order valence-electron chi connectivity index (χ3n) is 4.27. The van der Waals surface area contributed by atoms with Crippen molar-refractivity contribution in [2.24, 2.45) is 0 Å². The molecule has 3 rings (SSSR count). The molecule has 0 spiro atoms. The quantitative estimate of drug-likeness (QED) is 0.788. The Kier molecular flexibility index (Phi) is 5.35. The first-order valence-corrected chi connectivity index (χ1v) is 9.08. The zero-order valence-corrected chi connectivity index (χ0v) is 14.8. The number of nitrogens with zero attached hydrogens (tertiary/aromatic N) is 4. The standard InChI is InChI=1S/C17H24N4OS/c1-13-6-4-5-7-16(13)21-15(3)18-19-17(21)23-11-9-20-8-10-22-12-14(20)2/h4-7,14H,8-12H2,1-3H3/t14-/m0/s1.